The second kappa shape index (κ2) is 15.5. The standard InChI is InChI=1S/C29H44NO3P.C2H6/c1-29(2,3)16-7-9-25-11-12-26(32-4)21-28(25)30-17-13-24(14-18-30)22-33-27-10-6-8-23(20-27)15-19-34(5)31;1-2/h6,8,10-12,20-21,24,31H,7,9,13-19,22H2,1-5H3;1-2H3. The van der Waals surface area contributed by atoms with E-state index in [1.165, 1.54) is 29.7 Å². The van der Waals surface area contributed by atoms with E-state index in [9.17, 15) is 4.89 Å². The van der Waals surface area contributed by atoms with Gasteiger partial charge in [-0.2, -0.15) is 0 Å². The van der Waals surface area contributed by atoms with E-state index in [2.05, 4.69) is 62.1 Å². The molecule has 2 aromatic rings. The van der Waals surface area contributed by atoms with Crippen LogP contribution in [0, 0.1) is 11.3 Å². The summed E-state index contributed by atoms with van der Waals surface area (Å²) in [6.07, 6.45) is 7.61. The molecule has 1 unspecified atom stereocenters. The molecular weight excluding hydrogens is 465 g/mol. The fraction of sp³-hybridized carbons (Fsp3) is 0.613. The van der Waals surface area contributed by atoms with Gasteiger partial charge in [-0.05, 0) is 92.0 Å². The van der Waals surface area contributed by atoms with E-state index in [4.69, 9.17) is 9.47 Å². The zero-order valence-corrected chi connectivity index (χ0v) is 24.7. The van der Waals surface area contributed by atoms with Crippen molar-refractivity contribution in [3.63, 3.8) is 0 Å². The van der Waals surface area contributed by atoms with Crippen LogP contribution in [0.3, 0.4) is 0 Å². The van der Waals surface area contributed by atoms with Crippen LogP contribution in [0.2, 0.25) is 0 Å². The van der Waals surface area contributed by atoms with Crippen molar-refractivity contribution < 1.29 is 14.4 Å². The van der Waals surface area contributed by atoms with Gasteiger partial charge in [-0.25, -0.2) is 0 Å². The number of hydrogen-bond acceptors (Lipinski definition) is 4. The van der Waals surface area contributed by atoms with Crippen LogP contribution in [-0.2, 0) is 12.8 Å². The lowest BCUT2D eigenvalue weighted by Gasteiger charge is -2.35. The topological polar surface area (TPSA) is 41.9 Å². The van der Waals surface area contributed by atoms with Crippen molar-refractivity contribution in [2.45, 2.75) is 73.1 Å². The predicted molar refractivity (Wildman–Crippen MR) is 157 cm³/mol. The highest BCUT2D eigenvalue weighted by atomic mass is 31.1. The van der Waals surface area contributed by atoms with Crippen LogP contribution < -0.4 is 14.4 Å². The average molecular weight is 516 g/mol. The Hall–Kier alpha value is -1.77. The molecule has 0 aliphatic carbocycles. The van der Waals surface area contributed by atoms with Crippen molar-refractivity contribution in [3.8, 4) is 11.5 Å². The van der Waals surface area contributed by atoms with Crippen LogP contribution in [0.1, 0.15) is 71.4 Å². The molecule has 0 radical (unpaired) electrons. The highest BCUT2D eigenvalue weighted by Gasteiger charge is 2.22. The highest BCUT2D eigenvalue weighted by molar-refractivity contribution is 7.50. The number of nitrogens with zero attached hydrogens (tertiary/aromatic N) is 1. The first kappa shape index (κ1) is 30.5. The summed E-state index contributed by atoms with van der Waals surface area (Å²) in [6.45, 7) is 15.8. The Morgan fingerprint density at radius 1 is 1.00 bits per heavy atom. The molecule has 2 aromatic carbocycles. The zero-order valence-electron chi connectivity index (χ0n) is 23.8. The fourth-order valence-electron chi connectivity index (χ4n) is 4.62. The van der Waals surface area contributed by atoms with Crippen molar-refractivity contribution >= 4 is 13.8 Å². The van der Waals surface area contributed by atoms with Crippen LogP contribution in [0.4, 0.5) is 5.69 Å². The minimum absolute atomic E-state index is 0.378. The highest BCUT2D eigenvalue weighted by Crippen LogP contribution is 2.32. The van der Waals surface area contributed by atoms with E-state index in [0.29, 0.717) is 11.3 Å². The molecule has 1 N–H and O–H groups in total. The van der Waals surface area contributed by atoms with Crippen molar-refractivity contribution in [1.29, 1.82) is 0 Å². The molecule has 5 heteroatoms. The first-order chi connectivity index (χ1) is 17.2. The molecule has 0 amide bonds. The Bertz CT molecular complexity index is 886. The van der Waals surface area contributed by atoms with Crippen LogP contribution in [0.5, 0.6) is 11.5 Å². The third-order valence-corrected chi connectivity index (χ3v) is 7.60. The SMILES string of the molecule is CC.COc1ccc(CCCC(C)(C)C)c(N2CCC(COc3cccc(CCP(C)O)c3)CC2)c1. The summed E-state index contributed by atoms with van der Waals surface area (Å²) in [6, 6.07) is 15.0. The Morgan fingerprint density at radius 2 is 1.72 bits per heavy atom. The maximum absolute atomic E-state index is 9.60. The van der Waals surface area contributed by atoms with Gasteiger partial charge in [0.05, 0.1) is 13.7 Å². The minimum Gasteiger partial charge on any atom is -0.497 e. The summed E-state index contributed by atoms with van der Waals surface area (Å²) >= 11 is 0. The monoisotopic (exact) mass is 515 g/mol. The van der Waals surface area contributed by atoms with Crippen molar-refractivity contribution in [2.75, 3.05) is 44.5 Å². The maximum atomic E-state index is 9.60. The average Bonchev–Trinajstić information content (AvgIpc) is 2.87. The number of piperidine rings is 1. The smallest absolute Gasteiger partial charge is 0.120 e. The van der Waals surface area contributed by atoms with Gasteiger partial charge in [0, 0.05) is 33.0 Å². The lowest BCUT2D eigenvalue weighted by molar-refractivity contribution is 0.222. The number of aryl methyl sites for hydroxylation is 2. The van der Waals surface area contributed by atoms with Gasteiger partial charge in [0.15, 0.2) is 0 Å². The molecule has 1 fully saturated rings. The summed E-state index contributed by atoms with van der Waals surface area (Å²) in [4.78, 5) is 12.1. The predicted octanol–water partition coefficient (Wildman–Crippen LogP) is 7.95. The van der Waals surface area contributed by atoms with Crippen LogP contribution in [-0.4, -0.2) is 44.5 Å². The molecule has 0 bridgehead atoms. The summed E-state index contributed by atoms with van der Waals surface area (Å²) in [7, 11) is 0.908. The molecule has 3 rings (SSSR count). The van der Waals surface area contributed by atoms with Gasteiger partial charge in [0.25, 0.3) is 0 Å². The van der Waals surface area contributed by atoms with E-state index in [1.807, 2.05) is 26.6 Å². The van der Waals surface area contributed by atoms with Crippen LogP contribution in [0.25, 0.3) is 0 Å². The van der Waals surface area contributed by atoms with E-state index in [0.717, 1.165) is 63.0 Å². The second-order valence-electron chi connectivity index (χ2n) is 10.9. The number of rotatable bonds is 11. The molecule has 202 valence electrons. The molecule has 1 saturated heterocycles. The van der Waals surface area contributed by atoms with Gasteiger partial charge in [-0.3, -0.25) is 0 Å². The molecule has 1 aliphatic rings. The van der Waals surface area contributed by atoms with Crippen LogP contribution >= 0.6 is 8.15 Å². The molecule has 4 nitrogen and oxygen atoms in total. The van der Waals surface area contributed by atoms with Crippen LogP contribution in [0.15, 0.2) is 42.5 Å². The number of anilines is 1. The summed E-state index contributed by atoms with van der Waals surface area (Å²) in [5.74, 6) is 2.47. The van der Waals surface area contributed by atoms with Gasteiger partial charge in [0.1, 0.15) is 11.5 Å². The first-order valence-corrected chi connectivity index (χ1v) is 15.7. The molecule has 1 atom stereocenters. The molecular formula is C31H50NO3P. The molecule has 0 saturated carbocycles. The van der Waals surface area contributed by atoms with Gasteiger partial charge in [-0.15, -0.1) is 0 Å². The molecule has 0 spiro atoms. The van der Waals surface area contributed by atoms with Gasteiger partial charge >= 0.3 is 0 Å². The molecule has 0 aromatic heterocycles. The largest absolute Gasteiger partial charge is 0.497 e. The third-order valence-electron chi connectivity index (χ3n) is 6.73. The third kappa shape index (κ3) is 10.7. The molecule has 1 heterocycles. The van der Waals surface area contributed by atoms with Gasteiger partial charge in [0.2, 0.25) is 0 Å². The second-order valence-corrected chi connectivity index (χ2v) is 12.7. The number of ether oxygens (including phenoxy) is 2. The van der Waals surface area contributed by atoms with Gasteiger partial charge in [-0.1, -0.05) is 52.8 Å². The fourth-order valence-corrected chi connectivity index (χ4v) is 5.20. The van der Waals surface area contributed by atoms with E-state index >= 15 is 0 Å². The zero-order chi connectivity index (χ0) is 26.6. The van der Waals surface area contributed by atoms with E-state index in [-0.39, 0.29) is 0 Å². The Kier molecular flexibility index (Phi) is 13.1. The number of hydrogen-bond donors (Lipinski definition) is 1. The summed E-state index contributed by atoms with van der Waals surface area (Å²) < 4.78 is 11.7. The molecule has 1 aliphatic heterocycles. The lowest BCUT2D eigenvalue weighted by atomic mass is 9.88. The van der Waals surface area contributed by atoms with Crippen molar-refractivity contribution in [3.05, 3.63) is 53.6 Å². The van der Waals surface area contributed by atoms with E-state index < -0.39 is 8.15 Å². The summed E-state index contributed by atoms with van der Waals surface area (Å²) in [5, 5.41) is 0. The van der Waals surface area contributed by atoms with Crippen molar-refractivity contribution in [2.24, 2.45) is 11.3 Å². The lowest BCUT2D eigenvalue weighted by Crippen LogP contribution is -2.36. The first-order valence-electron chi connectivity index (χ1n) is 13.8. The van der Waals surface area contributed by atoms with E-state index in [1.54, 1.807) is 7.11 Å². The minimum atomic E-state index is -0.844. The number of benzene rings is 2. The maximum Gasteiger partial charge on any atom is 0.120 e. The Balaban J connectivity index is 0.00000222. The Morgan fingerprint density at radius 3 is 2.36 bits per heavy atom. The van der Waals surface area contributed by atoms with Gasteiger partial charge < -0.3 is 19.3 Å². The Labute approximate surface area is 222 Å². The van der Waals surface area contributed by atoms with Crippen molar-refractivity contribution in [1.82, 2.24) is 0 Å². The summed E-state index contributed by atoms with van der Waals surface area (Å²) in [5.41, 5.74) is 4.41. The normalized spacial score (nSPS) is 15.2. The molecule has 36 heavy (non-hydrogen) atoms. The number of methoxy groups -OCH3 is 1. The quantitative estimate of drug-likeness (QED) is 0.308.